The van der Waals surface area contributed by atoms with Gasteiger partial charge in [0.2, 0.25) is 0 Å². The molecule has 2 rings (SSSR count). The minimum absolute atomic E-state index is 0.190. The van der Waals surface area contributed by atoms with Gasteiger partial charge in [-0.05, 0) is 17.7 Å². The minimum atomic E-state index is -0.190. The number of hydrogen-bond donors (Lipinski definition) is 0. The molecule has 2 nitrogen and oxygen atoms in total. The van der Waals surface area contributed by atoms with E-state index in [2.05, 4.69) is 0 Å². The maximum Gasteiger partial charge on any atom is 0.338 e. The van der Waals surface area contributed by atoms with Crippen molar-refractivity contribution in [2.45, 2.75) is 12.2 Å². The van der Waals surface area contributed by atoms with Gasteiger partial charge >= 0.3 is 5.97 Å². The molecule has 0 N–H and O–H groups in total. The predicted molar refractivity (Wildman–Crippen MR) is 55.5 cm³/mol. The summed E-state index contributed by atoms with van der Waals surface area (Å²) in [7, 11) is 1.43. The number of esters is 1. The second kappa shape index (κ2) is 3.72. The van der Waals surface area contributed by atoms with E-state index >= 15 is 0 Å². The largest absolute Gasteiger partial charge is 0.465 e. The number of hydrogen-bond acceptors (Lipinski definition) is 4. The Kier molecular flexibility index (Phi) is 2.60. The number of thioether (sulfide) groups is 1. The molecule has 13 heavy (non-hydrogen) atoms. The second-order valence-corrected chi connectivity index (χ2v) is 4.91. The highest BCUT2D eigenvalue weighted by molar-refractivity contribution is 7.98. The fraction of sp³-hybridized carbons (Fsp3) is 0.444. The van der Waals surface area contributed by atoms with Gasteiger partial charge in [-0.3, -0.25) is 0 Å². The minimum Gasteiger partial charge on any atom is -0.465 e. The fourth-order valence-electron chi connectivity index (χ4n) is 1.44. The van der Waals surface area contributed by atoms with Crippen LogP contribution in [0.2, 0.25) is 0 Å². The van der Waals surface area contributed by atoms with E-state index in [0.29, 0.717) is 0 Å². The Bertz CT molecular complexity index is 330. The quantitative estimate of drug-likeness (QED) is 0.671. The molecule has 1 aliphatic rings. The van der Waals surface area contributed by atoms with Crippen molar-refractivity contribution in [1.29, 1.82) is 0 Å². The molecule has 0 aromatic carbocycles. The van der Waals surface area contributed by atoms with Crippen LogP contribution in [0, 0.1) is 0 Å². The molecule has 0 radical (unpaired) electrons. The first kappa shape index (κ1) is 9.09. The molecule has 1 aromatic rings. The van der Waals surface area contributed by atoms with Crippen LogP contribution < -0.4 is 0 Å². The van der Waals surface area contributed by atoms with E-state index in [4.69, 9.17) is 4.74 Å². The summed E-state index contributed by atoms with van der Waals surface area (Å²) in [4.78, 5) is 12.7. The van der Waals surface area contributed by atoms with Gasteiger partial charge in [-0.15, -0.1) is 11.3 Å². The lowest BCUT2D eigenvalue weighted by Gasteiger charge is -2.11. The van der Waals surface area contributed by atoms with Gasteiger partial charge in [0.1, 0.15) is 0 Å². The van der Waals surface area contributed by atoms with Crippen molar-refractivity contribution >= 4 is 29.1 Å². The van der Waals surface area contributed by atoms with Crippen LogP contribution in [0.15, 0.2) is 5.38 Å². The molecule has 70 valence electrons. The molecule has 0 fully saturated rings. The van der Waals surface area contributed by atoms with Crippen LogP contribution in [0.25, 0.3) is 0 Å². The van der Waals surface area contributed by atoms with Crippen LogP contribution in [-0.4, -0.2) is 18.8 Å². The highest BCUT2D eigenvalue weighted by Gasteiger charge is 2.20. The first-order valence-electron chi connectivity index (χ1n) is 4.08. The van der Waals surface area contributed by atoms with Crippen LogP contribution in [-0.2, 0) is 16.9 Å². The molecule has 0 unspecified atom stereocenters. The summed E-state index contributed by atoms with van der Waals surface area (Å²) in [5.41, 5.74) is 2.00. The first-order valence-corrected chi connectivity index (χ1v) is 6.11. The second-order valence-electron chi connectivity index (χ2n) is 2.85. The monoisotopic (exact) mass is 214 g/mol. The van der Waals surface area contributed by atoms with E-state index in [9.17, 15) is 4.79 Å². The highest BCUT2D eigenvalue weighted by atomic mass is 32.2. The average molecular weight is 214 g/mol. The van der Waals surface area contributed by atoms with E-state index < -0.39 is 0 Å². The van der Waals surface area contributed by atoms with Crippen molar-refractivity contribution in [3.05, 3.63) is 21.4 Å². The zero-order valence-corrected chi connectivity index (χ0v) is 8.96. The summed E-state index contributed by atoms with van der Waals surface area (Å²) >= 11 is 3.60. The van der Waals surface area contributed by atoms with Gasteiger partial charge in [-0.1, -0.05) is 0 Å². The van der Waals surface area contributed by atoms with Gasteiger partial charge in [-0.2, -0.15) is 11.8 Å². The summed E-state index contributed by atoms with van der Waals surface area (Å²) in [5, 5.41) is 1.92. The topological polar surface area (TPSA) is 26.3 Å². The number of methoxy groups -OCH3 is 1. The molecule has 0 aliphatic carbocycles. The van der Waals surface area contributed by atoms with E-state index in [1.807, 2.05) is 17.1 Å². The normalized spacial score (nSPS) is 15.2. The van der Waals surface area contributed by atoms with Crippen molar-refractivity contribution in [3.63, 3.8) is 0 Å². The highest BCUT2D eigenvalue weighted by Crippen LogP contribution is 2.32. The van der Waals surface area contributed by atoms with E-state index in [0.717, 1.165) is 23.5 Å². The van der Waals surface area contributed by atoms with Crippen molar-refractivity contribution in [2.24, 2.45) is 0 Å². The Hall–Kier alpha value is -0.480. The molecule has 1 aliphatic heterocycles. The van der Waals surface area contributed by atoms with Crippen molar-refractivity contribution in [1.82, 2.24) is 0 Å². The van der Waals surface area contributed by atoms with E-state index in [-0.39, 0.29) is 5.97 Å². The molecular weight excluding hydrogens is 204 g/mol. The number of ether oxygens (including phenoxy) is 1. The van der Waals surface area contributed by atoms with Crippen LogP contribution in [0.3, 0.4) is 0 Å². The fourth-order valence-corrected chi connectivity index (χ4v) is 3.67. The zero-order chi connectivity index (χ0) is 9.26. The third kappa shape index (κ3) is 1.60. The number of fused-ring (bicyclic) bond motifs is 1. The molecule has 2 heterocycles. The number of rotatable bonds is 1. The molecule has 0 spiro atoms. The molecule has 0 atom stereocenters. The summed E-state index contributed by atoms with van der Waals surface area (Å²) in [6.45, 7) is 0. The predicted octanol–water partition coefficient (Wildman–Crippen LogP) is 2.32. The van der Waals surface area contributed by atoms with E-state index in [1.54, 1.807) is 11.3 Å². The molecule has 1 aromatic heterocycles. The van der Waals surface area contributed by atoms with Gasteiger partial charge in [0.05, 0.1) is 12.7 Å². The van der Waals surface area contributed by atoms with Gasteiger partial charge < -0.3 is 4.74 Å². The number of carbonyl (C=O) groups excluding carboxylic acids is 1. The Morgan fingerprint density at radius 3 is 3.23 bits per heavy atom. The van der Waals surface area contributed by atoms with Crippen molar-refractivity contribution in [3.8, 4) is 0 Å². The van der Waals surface area contributed by atoms with Gasteiger partial charge in [0.25, 0.3) is 0 Å². The maximum absolute atomic E-state index is 11.3. The smallest absolute Gasteiger partial charge is 0.338 e. The van der Waals surface area contributed by atoms with Crippen molar-refractivity contribution < 1.29 is 9.53 Å². The molecule has 0 amide bonds. The van der Waals surface area contributed by atoms with Crippen LogP contribution in [0.5, 0.6) is 0 Å². The summed E-state index contributed by atoms with van der Waals surface area (Å²) in [6, 6.07) is 0. The SMILES string of the molecule is COC(=O)c1csc2c1CCSC2. The van der Waals surface area contributed by atoms with Gasteiger partial charge in [-0.25, -0.2) is 4.79 Å². The average Bonchev–Trinajstić information content (AvgIpc) is 2.60. The third-order valence-corrected chi connectivity index (χ3v) is 4.31. The Labute approximate surface area is 85.3 Å². The lowest BCUT2D eigenvalue weighted by Crippen LogP contribution is -2.07. The lowest BCUT2D eigenvalue weighted by molar-refractivity contribution is 0.0600. The maximum atomic E-state index is 11.3. The van der Waals surface area contributed by atoms with Crippen LogP contribution in [0.1, 0.15) is 20.8 Å². The molecular formula is C9H10O2S2. The molecule has 0 saturated carbocycles. The zero-order valence-electron chi connectivity index (χ0n) is 7.33. The summed E-state index contributed by atoms with van der Waals surface area (Å²) < 4.78 is 4.72. The summed E-state index contributed by atoms with van der Waals surface area (Å²) in [6.07, 6.45) is 1.01. The molecule has 0 saturated heterocycles. The first-order chi connectivity index (χ1) is 6.33. The van der Waals surface area contributed by atoms with Gasteiger partial charge in [0.15, 0.2) is 0 Å². The Balaban J connectivity index is 2.36. The standard InChI is InChI=1S/C9H10O2S2/c1-11-9(10)7-4-13-8-5-12-3-2-6(7)8/h4H,2-3,5H2,1H3. The van der Waals surface area contributed by atoms with Crippen LogP contribution in [0.4, 0.5) is 0 Å². The van der Waals surface area contributed by atoms with E-state index in [1.165, 1.54) is 17.6 Å². The third-order valence-electron chi connectivity index (χ3n) is 2.12. The number of thiophene rings is 1. The molecule has 4 heteroatoms. The Morgan fingerprint density at radius 1 is 1.62 bits per heavy atom. The Morgan fingerprint density at radius 2 is 2.46 bits per heavy atom. The lowest BCUT2D eigenvalue weighted by atomic mass is 10.1. The molecule has 0 bridgehead atoms. The van der Waals surface area contributed by atoms with Gasteiger partial charge in [0, 0.05) is 16.0 Å². The van der Waals surface area contributed by atoms with Crippen molar-refractivity contribution in [2.75, 3.05) is 12.9 Å². The summed E-state index contributed by atoms with van der Waals surface area (Å²) in [5.74, 6) is 1.98. The van der Waals surface area contributed by atoms with Crippen LogP contribution >= 0.6 is 23.1 Å². The number of carbonyl (C=O) groups is 1.